The van der Waals surface area contributed by atoms with Crippen molar-refractivity contribution in [1.82, 2.24) is 4.98 Å². The van der Waals surface area contributed by atoms with Crippen LogP contribution in [0.1, 0.15) is 5.56 Å². The minimum atomic E-state index is -0.683. The number of aromatic hydroxyl groups is 1. The third kappa shape index (κ3) is 2.84. The molecule has 8 heteroatoms. The van der Waals surface area contributed by atoms with Crippen molar-refractivity contribution in [2.24, 2.45) is 10.2 Å². The molecule has 1 aromatic heterocycles. The first-order valence-corrected chi connectivity index (χ1v) is 6.97. The van der Waals surface area contributed by atoms with Crippen molar-refractivity contribution >= 4 is 28.0 Å². The fraction of sp³-hybridized carbons (Fsp3) is 0.0625. The van der Waals surface area contributed by atoms with Crippen LogP contribution in [-0.4, -0.2) is 15.0 Å². The Labute approximate surface area is 135 Å². The molecule has 0 atom stereocenters. The average Bonchev–Trinajstić information content (AvgIpc) is 2.54. The standard InChI is InChI=1S/C16H12N4O4/c1-9-3-2-4-10(7-9)18-19-14-15(21)12-6-5-11(20(23)24)8-13(12)17-16(14)22/h2-8H,1H3,(H2,17,21,22). The lowest BCUT2D eigenvalue weighted by atomic mass is 10.1. The number of H-pyrrole nitrogens is 1. The van der Waals surface area contributed by atoms with Crippen molar-refractivity contribution in [3.63, 3.8) is 0 Å². The number of non-ortho nitro benzene ring substituents is 1. The summed E-state index contributed by atoms with van der Waals surface area (Å²) in [5.41, 5.74) is 0.552. The molecule has 0 spiro atoms. The van der Waals surface area contributed by atoms with Gasteiger partial charge in [-0.3, -0.25) is 14.9 Å². The summed E-state index contributed by atoms with van der Waals surface area (Å²) in [5, 5.41) is 29.1. The Morgan fingerprint density at radius 3 is 2.67 bits per heavy atom. The lowest BCUT2D eigenvalue weighted by Crippen LogP contribution is -2.05. The highest BCUT2D eigenvalue weighted by atomic mass is 16.6. The van der Waals surface area contributed by atoms with Gasteiger partial charge in [-0.2, -0.15) is 5.11 Å². The minimum Gasteiger partial charge on any atom is -0.505 e. The van der Waals surface area contributed by atoms with Gasteiger partial charge in [0.2, 0.25) is 0 Å². The lowest BCUT2D eigenvalue weighted by Gasteiger charge is -2.03. The van der Waals surface area contributed by atoms with E-state index in [-0.39, 0.29) is 28.0 Å². The molecular formula is C16H12N4O4. The molecule has 0 bridgehead atoms. The number of fused-ring (bicyclic) bond motifs is 1. The first-order chi connectivity index (χ1) is 11.5. The summed E-state index contributed by atoms with van der Waals surface area (Å²) in [4.78, 5) is 24.8. The van der Waals surface area contributed by atoms with Crippen molar-refractivity contribution in [2.75, 3.05) is 0 Å². The molecule has 0 radical (unpaired) electrons. The molecule has 8 nitrogen and oxygen atoms in total. The molecule has 3 aromatic rings. The summed E-state index contributed by atoms with van der Waals surface area (Å²) in [6.07, 6.45) is 0. The second-order valence-corrected chi connectivity index (χ2v) is 5.18. The smallest absolute Gasteiger partial charge is 0.280 e. The fourth-order valence-corrected chi connectivity index (χ4v) is 2.26. The van der Waals surface area contributed by atoms with Crippen LogP contribution < -0.4 is 5.56 Å². The number of rotatable bonds is 3. The molecule has 3 rings (SSSR count). The number of aromatic amines is 1. The van der Waals surface area contributed by atoms with Gasteiger partial charge in [0.25, 0.3) is 11.2 Å². The van der Waals surface area contributed by atoms with E-state index in [9.17, 15) is 20.0 Å². The van der Waals surface area contributed by atoms with E-state index in [0.29, 0.717) is 5.69 Å². The Morgan fingerprint density at radius 1 is 1.17 bits per heavy atom. The van der Waals surface area contributed by atoms with E-state index in [1.165, 1.54) is 18.2 Å². The van der Waals surface area contributed by atoms with Crippen LogP contribution in [0.3, 0.4) is 0 Å². The summed E-state index contributed by atoms with van der Waals surface area (Å²) in [5.74, 6) is -0.375. The van der Waals surface area contributed by atoms with Gasteiger partial charge in [-0.1, -0.05) is 12.1 Å². The number of nitro benzene ring substituents is 1. The molecule has 2 N–H and O–H groups in total. The van der Waals surface area contributed by atoms with Crippen molar-refractivity contribution in [1.29, 1.82) is 0 Å². The molecule has 0 aliphatic rings. The van der Waals surface area contributed by atoms with Gasteiger partial charge >= 0.3 is 0 Å². The number of aryl methyl sites for hydroxylation is 1. The topological polar surface area (TPSA) is 121 Å². The Bertz CT molecular complexity index is 1040. The lowest BCUT2D eigenvalue weighted by molar-refractivity contribution is -0.384. The van der Waals surface area contributed by atoms with Gasteiger partial charge in [0, 0.05) is 17.5 Å². The Balaban J connectivity index is 2.10. The maximum Gasteiger partial charge on any atom is 0.280 e. The summed E-state index contributed by atoms with van der Waals surface area (Å²) in [6.45, 7) is 1.90. The van der Waals surface area contributed by atoms with E-state index in [4.69, 9.17) is 0 Å². The van der Waals surface area contributed by atoms with Gasteiger partial charge in [0.1, 0.15) is 0 Å². The maximum atomic E-state index is 12.1. The zero-order chi connectivity index (χ0) is 17.3. The number of nitro groups is 1. The zero-order valence-corrected chi connectivity index (χ0v) is 12.6. The molecule has 0 aliphatic heterocycles. The van der Waals surface area contributed by atoms with Crippen LogP contribution in [0.5, 0.6) is 5.75 Å². The van der Waals surface area contributed by atoms with E-state index >= 15 is 0 Å². The van der Waals surface area contributed by atoms with Crippen LogP contribution in [0.25, 0.3) is 10.9 Å². The molecule has 24 heavy (non-hydrogen) atoms. The quantitative estimate of drug-likeness (QED) is 0.431. The number of hydrogen-bond acceptors (Lipinski definition) is 6. The minimum absolute atomic E-state index is 0.154. The molecule has 0 saturated carbocycles. The highest BCUT2D eigenvalue weighted by Crippen LogP contribution is 2.32. The summed E-state index contributed by atoms with van der Waals surface area (Å²) in [7, 11) is 0. The van der Waals surface area contributed by atoms with Gasteiger partial charge in [-0.05, 0) is 30.7 Å². The van der Waals surface area contributed by atoms with E-state index < -0.39 is 10.5 Å². The normalized spacial score (nSPS) is 11.2. The van der Waals surface area contributed by atoms with E-state index in [1.807, 2.05) is 13.0 Å². The fourth-order valence-electron chi connectivity index (χ4n) is 2.26. The summed E-state index contributed by atoms with van der Waals surface area (Å²) in [6, 6.07) is 11.0. The summed E-state index contributed by atoms with van der Waals surface area (Å²) < 4.78 is 0. The largest absolute Gasteiger partial charge is 0.505 e. The molecule has 120 valence electrons. The van der Waals surface area contributed by atoms with Gasteiger partial charge in [0.05, 0.1) is 16.1 Å². The average molecular weight is 324 g/mol. The van der Waals surface area contributed by atoms with Gasteiger partial charge in [0.15, 0.2) is 11.4 Å². The van der Waals surface area contributed by atoms with Crippen LogP contribution >= 0.6 is 0 Å². The SMILES string of the molecule is Cc1cccc(N=Nc2c(O)c3ccc([N+](=O)[O-])cc3[nH]c2=O)c1. The Kier molecular flexibility index (Phi) is 3.78. The number of nitrogens with one attached hydrogen (secondary N) is 1. The molecule has 0 amide bonds. The number of hydrogen-bond donors (Lipinski definition) is 2. The summed E-state index contributed by atoms with van der Waals surface area (Å²) >= 11 is 0. The number of aromatic nitrogens is 1. The molecule has 2 aromatic carbocycles. The third-order valence-corrected chi connectivity index (χ3v) is 3.42. The molecule has 1 heterocycles. The van der Waals surface area contributed by atoms with Crippen LogP contribution in [0.15, 0.2) is 57.5 Å². The van der Waals surface area contributed by atoms with Gasteiger partial charge in [-0.15, -0.1) is 5.11 Å². The van der Waals surface area contributed by atoms with Gasteiger partial charge in [-0.25, -0.2) is 0 Å². The predicted octanol–water partition coefficient (Wildman–Crippen LogP) is 3.87. The molecule has 0 unspecified atom stereocenters. The third-order valence-electron chi connectivity index (χ3n) is 3.42. The van der Waals surface area contributed by atoms with Gasteiger partial charge < -0.3 is 10.1 Å². The number of nitrogens with zero attached hydrogens (tertiary/aromatic N) is 3. The number of benzene rings is 2. The van der Waals surface area contributed by atoms with Crippen LogP contribution in [-0.2, 0) is 0 Å². The zero-order valence-electron chi connectivity index (χ0n) is 12.6. The van der Waals surface area contributed by atoms with Crippen molar-refractivity contribution in [3.8, 4) is 5.75 Å². The van der Waals surface area contributed by atoms with Crippen molar-refractivity contribution < 1.29 is 10.0 Å². The molecular weight excluding hydrogens is 312 g/mol. The molecule has 0 aliphatic carbocycles. The van der Waals surface area contributed by atoms with Crippen molar-refractivity contribution in [2.45, 2.75) is 6.92 Å². The number of azo groups is 1. The van der Waals surface area contributed by atoms with Crippen LogP contribution in [0, 0.1) is 17.0 Å². The first-order valence-electron chi connectivity index (χ1n) is 6.97. The second kappa shape index (κ2) is 5.92. The first kappa shape index (κ1) is 15.3. The van der Waals surface area contributed by atoms with E-state index in [2.05, 4.69) is 15.2 Å². The second-order valence-electron chi connectivity index (χ2n) is 5.18. The molecule has 0 fully saturated rings. The molecule has 0 saturated heterocycles. The van der Waals surface area contributed by atoms with E-state index in [0.717, 1.165) is 5.56 Å². The predicted molar refractivity (Wildman–Crippen MR) is 88.2 cm³/mol. The maximum absolute atomic E-state index is 12.1. The highest BCUT2D eigenvalue weighted by Gasteiger charge is 2.14. The monoisotopic (exact) mass is 324 g/mol. The highest BCUT2D eigenvalue weighted by molar-refractivity contribution is 5.90. The Morgan fingerprint density at radius 2 is 1.96 bits per heavy atom. The van der Waals surface area contributed by atoms with Crippen LogP contribution in [0.4, 0.5) is 17.1 Å². The van der Waals surface area contributed by atoms with E-state index in [1.54, 1.807) is 18.2 Å². The number of pyridine rings is 1. The Hall–Kier alpha value is -3.55. The van der Waals surface area contributed by atoms with Crippen LogP contribution in [0.2, 0.25) is 0 Å². The van der Waals surface area contributed by atoms with Crippen molar-refractivity contribution in [3.05, 3.63) is 68.5 Å².